The summed E-state index contributed by atoms with van der Waals surface area (Å²) >= 11 is 1.92. The molecule has 2 aliphatic rings. The largest absolute Gasteiger partial charge is 0.490 e. The minimum atomic E-state index is -5.08. The van der Waals surface area contributed by atoms with Crippen LogP contribution in [0.15, 0.2) is 0 Å². The molecule has 0 radical (unpaired) electrons. The van der Waals surface area contributed by atoms with Gasteiger partial charge in [0.05, 0.1) is 11.4 Å². The van der Waals surface area contributed by atoms with Gasteiger partial charge in [0.15, 0.2) is 0 Å². The Morgan fingerprint density at radius 3 is 2.50 bits per heavy atom. The molecule has 22 heavy (non-hydrogen) atoms. The zero-order valence-corrected chi connectivity index (χ0v) is 13.1. The number of rotatable bonds is 1. The highest BCUT2D eigenvalue weighted by Crippen LogP contribution is 2.34. The molecule has 9 heteroatoms. The number of carboxylic acid groups (broad SMARTS) is 1. The molecule has 0 bridgehead atoms. The van der Waals surface area contributed by atoms with Crippen LogP contribution in [0.5, 0.6) is 0 Å². The van der Waals surface area contributed by atoms with E-state index < -0.39 is 12.1 Å². The Labute approximate surface area is 131 Å². The van der Waals surface area contributed by atoms with Gasteiger partial charge in [0.1, 0.15) is 0 Å². The maximum Gasteiger partial charge on any atom is 0.490 e. The van der Waals surface area contributed by atoms with Crippen molar-refractivity contribution in [2.24, 2.45) is 5.73 Å². The number of fused-ring (bicyclic) bond motifs is 1. The second-order valence-corrected chi connectivity index (χ2v) is 6.55. The van der Waals surface area contributed by atoms with Crippen molar-refractivity contribution in [1.82, 2.24) is 4.90 Å². The summed E-state index contributed by atoms with van der Waals surface area (Å²) in [6.07, 6.45) is 0.392. The Hall–Kier alpha value is -0.960. The van der Waals surface area contributed by atoms with Crippen LogP contribution in [0.2, 0.25) is 0 Å². The SMILES string of the molecule is CCC1CCCC2SCCC(N)C(=O)N12.O=C(O)C(F)(F)F. The molecule has 3 atom stereocenters. The first-order chi connectivity index (χ1) is 10.2. The molecule has 0 saturated carbocycles. The first kappa shape index (κ1) is 19.1. The number of halogens is 3. The van der Waals surface area contributed by atoms with Gasteiger partial charge in [-0.25, -0.2) is 4.79 Å². The van der Waals surface area contributed by atoms with Crippen molar-refractivity contribution >= 4 is 23.6 Å². The lowest BCUT2D eigenvalue weighted by Crippen LogP contribution is -2.52. The molecule has 5 nitrogen and oxygen atoms in total. The summed E-state index contributed by atoms with van der Waals surface area (Å²) in [6.45, 7) is 2.17. The lowest BCUT2D eigenvalue weighted by molar-refractivity contribution is -0.192. The smallest absolute Gasteiger partial charge is 0.475 e. The summed E-state index contributed by atoms with van der Waals surface area (Å²) in [7, 11) is 0. The molecule has 0 aromatic heterocycles. The highest BCUT2D eigenvalue weighted by molar-refractivity contribution is 7.99. The van der Waals surface area contributed by atoms with Gasteiger partial charge in [-0.3, -0.25) is 4.79 Å². The van der Waals surface area contributed by atoms with Crippen LogP contribution < -0.4 is 5.73 Å². The maximum absolute atomic E-state index is 12.1. The number of hydrogen-bond acceptors (Lipinski definition) is 4. The lowest BCUT2D eigenvalue weighted by Gasteiger charge is -2.41. The third kappa shape index (κ3) is 5.05. The summed E-state index contributed by atoms with van der Waals surface area (Å²) in [4.78, 5) is 23.1. The minimum absolute atomic E-state index is 0.191. The van der Waals surface area contributed by atoms with Crippen molar-refractivity contribution in [1.29, 1.82) is 0 Å². The zero-order chi connectivity index (χ0) is 16.9. The van der Waals surface area contributed by atoms with E-state index in [1.807, 2.05) is 11.8 Å². The van der Waals surface area contributed by atoms with E-state index in [-0.39, 0.29) is 11.9 Å². The van der Waals surface area contributed by atoms with Crippen molar-refractivity contribution < 1.29 is 27.9 Å². The highest BCUT2D eigenvalue weighted by Gasteiger charge is 2.38. The fourth-order valence-corrected chi connectivity index (χ4v) is 4.01. The molecular formula is C13H21F3N2O3S. The third-order valence-electron chi connectivity index (χ3n) is 3.72. The lowest BCUT2D eigenvalue weighted by atomic mass is 9.98. The van der Waals surface area contributed by atoms with Crippen LogP contribution >= 0.6 is 11.8 Å². The molecule has 0 spiro atoms. The van der Waals surface area contributed by atoms with Crippen LogP contribution in [-0.2, 0) is 9.59 Å². The van der Waals surface area contributed by atoms with Gasteiger partial charge in [-0.1, -0.05) is 6.92 Å². The Balaban J connectivity index is 0.000000295. The summed E-state index contributed by atoms with van der Waals surface area (Å²) in [5, 5.41) is 7.53. The Kier molecular flexibility index (Phi) is 6.98. The molecule has 0 aromatic rings. The Morgan fingerprint density at radius 1 is 1.41 bits per heavy atom. The van der Waals surface area contributed by atoms with Gasteiger partial charge in [-0.05, 0) is 37.9 Å². The van der Waals surface area contributed by atoms with Gasteiger partial charge in [-0.2, -0.15) is 13.2 Å². The molecule has 2 rings (SSSR count). The molecule has 3 unspecified atom stereocenters. The summed E-state index contributed by atoms with van der Waals surface area (Å²) in [5.74, 6) is -1.53. The first-order valence-electron chi connectivity index (χ1n) is 7.18. The molecule has 0 aliphatic carbocycles. The van der Waals surface area contributed by atoms with Gasteiger partial charge in [-0.15, -0.1) is 11.8 Å². The fraction of sp³-hybridized carbons (Fsp3) is 0.846. The first-order valence-corrected chi connectivity index (χ1v) is 8.22. The Morgan fingerprint density at radius 2 is 2.00 bits per heavy atom. The van der Waals surface area contributed by atoms with Crippen LogP contribution in [-0.4, -0.2) is 51.3 Å². The van der Waals surface area contributed by atoms with Crippen molar-refractivity contribution in [3.8, 4) is 0 Å². The van der Waals surface area contributed by atoms with E-state index in [0.29, 0.717) is 11.4 Å². The average Bonchev–Trinajstić information content (AvgIpc) is 2.58. The van der Waals surface area contributed by atoms with Gasteiger partial charge in [0.25, 0.3) is 0 Å². The molecule has 3 N–H and O–H groups in total. The molecule has 1 amide bonds. The number of thioether (sulfide) groups is 1. The second-order valence-electron chi connectivity index (χ2n) is 5.26. The quantitative estimate of drug-likeness (QED) is 0.763. The summed E-state index contributed by atoms with van der Waals surface area (Å²) in [5.41, 5.74) is 5.90. The van der Waals surface area contributed by atoms with Gasteiger partial charge in [0, 0.05) is 6.04 Å². The normalized spacial score (nSPS) is 29.0. The molecule has 128 valence electrons. The van der Waals surface area contributed by atoms with Crippen LogP contribution in [0.25, 0.3) is 0 Å². The number of piperidine rings is 1. The number of nitrogens with two attached hydrogens (primary N) is 1. The van der Waals surface area contributed by atoms with E-state index in [0.717, 1.165) is 31.4 Å². The van der Waals surface area contributed by atoms with Crippen LogP contribution in [0.3, 0.4) is 0 Å². The number of alkyl halides is 3. The zero-order valence-electron chi connectivity index (χ0n) is 12.3. The van der Waals surface area contributed by atoms with Gasteiger partial charge < -0.3 is 15.7 Å². The number of nitrogens with zero attached hydrogens (tertiary/aromatic N) is 1. The number of carbonyl (C=O) groups is 2. The van der Waals surface area contributed by atoms with E-state index in [1.165, 1.54) is 6.42 Å². The summed E-state index contributed by atoms with van der Waals surface area (Å²) < 4.78 is 31.7. The van der Waals surface area contributed by atoms with Crippen molar-refractivity contribution in [3.63, 3.8) is 0 Å². The van der Waals surface area contributed by atoms with Gasteiger partial charge >= 0.3 is 12.1 Å². The monoisotopic (exact) mass is 342 g/mol. The standard InChI is InChI=1S/C11H20N2OS.C2HF3O2/c1-2-8-4-3-5-10-13(8)11(14)9(12)6-7-15-10;3-2(4,5)1(6)7/h8-10H,2-7,12H2,1H3;(H,6,7). The predicted octanol–water partition coefficient (Wildman–Crippen LogP) is 2.20. The van der Waals surface area contributed by atoms with Crippen molar-refractivity contribution in [3.05, 3.63) is 0 Å². The number of aliphatic carboxylic acids is 1. The average molecular weight is 342 g/mol. The van der Waals surface area contributed by atoms with E-state index in [4.69, 9.17) is 15.6 Å². The van der Waals surface area contributed by atoms with E-state index in [9.17, 15) is 18.0 Å². The topological polar surface area (TPSA) is 83.6 Å². The predicted molar refractivity (Wildman–Crippen MR) is 77.3 cm³/mol. The number of carbonyl (C=O) groups excluding carboxylic acids is 1. The number of hydrogen-bond donors (Lipinski definition) is 2. The molecule has 2 saturated heterocycles. The van der Waals surface area contributed by atoms with E-state index in [2.05, 4.69) is 11.8 Å². The van der Waals surface area contributed by atoms with E-state index >= 15 is 0 Å². The highest BCUT2D eigenvalue weighted by atomic mass is 32.2. The fourth-order valence-electron chi connectivity index (χ4n) is 2.57. The molecular weight excluding hydrogens is 321 g/mol. The second kappa shape index (κ2) is 8.05. The van der Waals surface area contributed by atoms with Gasteiger partial charge in [0.2, 0.25) is 5.91 Å². The molecule has 2 aliphatic heterocycles. The molecule has 2 fully saturated rings. The minimum Gasteiger partial charge on any atom is -0.475 e. The summed E-state index contributed by atoms with van der Waals surface area (Å²) in [6, 6.07) is 0.183. The van der Waals surface area contributed by atoms with E-state index in [1.54, 1.807) is 0 Å². The number of amides is 1. The van der Waals surface area contributed by atoms with Crippen LogP contribution in [0.1, 0.15) is 39.0 Å². The Bertz CT molecular complexity index is 406. The number of carboxylic acids is 1. The van der Waals surface area contributed by atoms with Crippen molar-refractivity contribution in [2.75, 3.05) is 5.75 Å². The maximum atomic E-state index is 12.1. The molecule has 0 aromatic carbocycles. The third-order valence-corrected chi connectivity index (χ3v) is 5.04. The van der Waals surface area contributed by atoms with Crippen molar-refractivity contribution in [2.45, 2.75) is 62.7 Å². The van der Waals surface area contributed by atoms with Crippen LogP contribution in [0, 0.1) is 0 Å². The van der Waals surface area contributed by atoms with Crippen LogP contribution in [0.4, 0.5) is 13.2 Å². The molecule has 2 heterocycles.